The summed E-state index contributed by atoms with van der Waals surface area (Å²) in [7, 11) is 0. The van der Waals surface area contributed by atoms with Gasteiger partial charge in [-0.25, -0.2) is 0 Å². The Kier molecular flexibility index (Phi) is 3.25. The molecule has 0 radical (unpaired) electrons. The van der Waals surface area contributed by atoms with Gasteiger partial charge in [-0.3, -0.25) is 14.7 Å². The number of nitrogens with zero attached hydrogens (tertiary/aromatic N) is 2. The number of rotatable bonds is 2. The number of pyridine rings is 1. The summed E-state index contributed by atoms with van der Waals surface area (Å²) in [4.78, 5) is 18.4. The molecule has 1 amide bonds. The van der Waals surface area contributed by atoms with Gasteiger partial charge in [0.1, 0.15) is 5.37 Å². The molecule has 1 aliphatic rings. The normalized spacial score (nSPS) is 18.9. The second-order valence-electron chi connectivity index (χ2n) is 4.52. The van der Waals surface area contributed by atoms with Crippen LogP contribution in [0.5, 0.6) is 0 Å². The summed E-state index contributed by atoms with van der Waals surface area (Å²) in [5, 5.41) is -0.0181. The Labute approximate surface area is 116 Å². The van der Waals surface area contributed by atoms with E-state index in [1.165, 1.54) is 0 Å². The summed E-state index contributed by atoms with van der Waals surface area (Å²) in [5.74, 6) is 0.654. The van der Waals surface area contributed by atoms with Crippen LogP contribution >= 0.6 is 11.8 Å². The average Bonchev–Trinajstić information content (AvgIpc) is 2.82. The van der Waals surface area contributed by atoms with E-state index in [0.717, 1.165) is 16.9 Å². The molecule has 1 aromatic heterocycles. The van der Waals surface area contributed by atoms with E-state index in [1.807, 2.05) is 54.3 Å². The summed E-state index contributed by atoms with van der Waals surface area (Å²) < 4.78 is 0. The molecule has 3 rings (SSSR count). The molecule has 1 aliphatic heterocycles. The Morgan fingerprint density at radius 3 is 2.89 bits per heavy atom. The molecule has 1 fully saturated rings. The van der Waals surface area contributed by atoms with E-state index in [0.29, 0.717) is 5.75 Å². The van der Waals surface area contributed by atoms with Crippen molar-refractivity contribution in [2.75, 3.05) is 10.7 Å². The maximum atomic E-state index is 12.1. The van der Waals surface area contributed by atoms with E-state index in [2.05, 4.69) is 4.98 Å². The average molecular weight is 270 g/mol. The number of hydrogen-bond donors (Lipinski definition) is 0. The van der Waals surface area contributed by atoms with Crippen LogP contribution in [0.1, 0.15) is 16.6 Å². The van der Waals surface area contributed by atoms with Gasteiger partial charge >= 0.3 is 0 Å². The maximum Gasteiger partial charge on any atom is 0.238 e. The van der Waals surface area contributed by atoms with Crippen LogP contribution in [0.4, 0.5) is 5.69 Å². The van der Waals surface area contributed by atoms with Gasteiger partial charge in [-0.1, -0.05) is 18.2 Å². The molecule has 1 aromatic carbocycles. The summed E-state index contributed by atoms with van der Waals surface area (Å²) in [6, 6.07) is 13.9. The summed E-state index contributed by atoms with van der Waals surface area (Å²) in [5.41, 5.74) is 3.03. The van der Waals surface area contributed by atoms with Crippen LogP contribution < -0.4 is 4.90 Å². The van der Waals surface area contributed by atoms with Crippen LogP contribution in [0.3, 0.4) is 0 Å². The van der Waals surface area contributed by atoms with Crippen molar-refractivity contribution in [3.05, 3.63) is 59.9 Å². The molecule has 0 saturated carbocycles. The Morgan fingerprint density at radius 1 is 1.26 bits per heavy atom. The topological polar surface area (TPSA) is 33.2 Å². The van der Waals surface area contributed by atoms with Crippen molar-refractivity contribution in [2.45, 2.75) is 12.3 Å². The molecule has 0 N–H and O–H groups in total. The van der Waals surface area contributed by atoms with Gasteiger partial charge in [0.15, 0.2) is 0 Å². The van der Waals surface area contributed by atoms with Crippen molar-refractivity contribution in [1.29, 1.82) is 0 Å². The number of carbonyl (C=O) groups is 1. The van der Waals surface area contributed by atoms with E-state index in [4.69, 9.17) is 0 Å². The second-order valence-corrected chi connectivity index (χ2v) is 5.59. The fourth-order valence-corrected chi connectivity index (χ4v) is 3.36. The number of benzene rings is 1. The zero-order chi connectivity index (χ0) is 13.2. The quantitative estimate of drug-likeness (QED) is 0.840. The van der Waals surface area contributed by atoms with Crippen molar-refractivity contribution in [3.8, 4) is 0 Å². The third-order valence-corrected chi connectivity index (χ3v) is 4.27. The van der Waals surface area contributed by atoms with Gasteiger partial charge in [-0.15, -0.1) is 11.8 Å². The van der Waals surface area contributed by atoms with E-state index in [1.54, 1.807) is 18.0 Å². The Balaban J connectivity index is 2.00. The number of carbonyl (C=O) groups excluding carboxylic acids is 1. The maximum absolute atomic E-state index is 12.1. The first-order valence-electron chi connectivity index (χ1n) is 6.17. The molecule has 1 saturated heterocycles. The Hall–Kier alpha value is -1.81. The largest absolute Gasteiger partial charge is 0.293 e. The van der Waals surface area contributed by atoms with Gasteiger partial charge in [-0.05, 0) is 36.8 Å². The first kappa shape index (κ1) is 12.2. The third-order valence-electron chi connectivity index (χ3n) is 3.09. The summed E-state index contributed by atoms with van der Waals surface area (Å²) in [6.07, 6.45) is 1.77. The highest BCUT2D eigenvalue weighted by molar-refractivity contribution is 8.00. The summed E-state index contributed by atoms with van der Waals surface area (Å²) in [6.45, 7) is 2.03. The molecule has 0 bridgehead atoms. The van der Waals surface area contributed by atoms with E-state index >= 15 is 0 Å². The monoisotopic (exact) mass is 270 g/mol. The van der Waals surface area contributed by atoms with Gasteiger partial charge in [0, 0.05) is 11.9 Å². The van der Waals surface area contributed by atoms with Crippen molar-refractivity contribution >= 4 is 23.4 Å². The number of anilines is 1. The zero-order valence-electron chi connectivity index (χ0n) is 10.6. The highest BCUT2D eigenvalue weighted by Gasteiger charge is 2.34. The van der Waals surface area contributed by atoms with Crippen molar-refractivity contribution in [2.24, 2.45) is 0 Å². The molecular formula is C15H14N2OS. The number of thioether (sulfide) groups is 1. The summed E-state index contributed by atoms with van der Waals surface area (Å²) >= 11 is 1.63. The Bertz CT molecular complexity index is 600. The molecular weight excluding hydrogens is 256 g/mol. The number of aryl methyl sites for hydroxylation is 1. The first-order chi connectivity index (χ1) is 9.25. The molecule has 4 heteroatoms. The first-order valence-corrected chi connectivity index (χ1v) is 7.22. The van der Waals surface area contributed by atoms with Gasteiger partial charge in [-0.2, -0.15) is 0 Å². The molecule has 1 atom stereocenters. The number of aromatic nitrogens is 1. The molecule has 2 aromatic rings. The highest BCUT2D eigenvalue weighted by Crippen LogP contribution is 2.40. The third kappa shape index (κ3) is 2.36. The lowest BCUT2D eigenvalue weighted by Gasteiger charge is -2.23. The van der Waals surface area contributed by atoms with Crippen LogP contribution in [-0.4, -0.2) is 16.6 Å². The molecule has 2 heterocycles. The minimum atomic E-state index is -0.0181. The van der Waals surface area contributed by atoms with Gasteiger partial charge < -0.3 is 0 Å². The standard InChI is InChI=1S/C15H14N2OS/c1-11-5-4-6-12(9-11)17-14(18)10-19-15(17)13-7-2-3-8-16-13/h2-9,15H,10H2,1H3. The Morgan fingerprint density at radius 2 is 2.16 bits per heavy atom. The lowest BCUT2D eigenvalue weighted by molar-refractivity contribution is -0.115. The van der Waals surface area contributed by atoms with E-state index in [9.17, 15) is 4.79 Å². The highest BCUT2D eigenvalue weighted by atomic mass is 32.2. The predicted molar refractivity (Wildman–Crippen MR) is 78.1 cm³/mol. The molecule has 1 unspecified atom stereocenters. The minimum Gasteiger partial charge on any atom is -0.293 e. The van der Waals surface area contributed by atoms with E-state index < -0.39 is 0 Å². The SMILES string of the molecule is Cc1cccc(N2C(=O)CSC2c2ccccn2)c1. The van der Waals surface area contributed by atoms with E-state index in [-0.39, 0.29) is 11.3 Å². The molecule has 0 spiro atoms. The van der Waals surface area contributed by atoms with Crippen LogP contribution in [0.25, 0.3) is 0 Å². The molecule has 96 valence electrons. The lowest BCUT2D eigenvalue weighted by atomic mass is 10.2. The molecule has 19 heavy (non-hydrogen) atoms. The molecule has 0 aliphatic carbocycles. The van der Waals surface area contributed by atoms with Crippen molar-refractivity contribution in [3.63, 3.8) is 0 Å². The second kappa shape index (κ2) is 5.05. The fraction of sp³-hybridized carbons (Fsp3) is 0.200. The van der Waals surface area contributed by atoms with Gasteiger partial charge in [0.2, 0.25) is 5.91 Å². The number of amides is 1. The van der Waals surface area contributed by atoms with Crippen molar-refractivity contribution in [1.82, 2.24) is 4.98 Å². The fourth-order valence-electron chi connectivity index (χ4n) is 2.22. The number of hydrogen-bond acceptors (Lipinski definition) is 3. The van der Waals surface area contributed by atoms with Crippen LogP contribution in [-0.2, 0) is 4.79 Å². The molecule has 3 nitrogen and oxygen atoms in total. The minimum absolute atomic E-state index is 0.0181. The smallest absolute Gasteiger partial charge is 0.238 e. The van der Waals surface area contributed by atoms with Gasteiger partial charge in [0.05, 0.1) is 11.4 Å². The zero-order valence-corrected chi connectivity index (χ0v) is 11.4. The van der Waals surface area contributed by atoms with Crippen LogP contribution in [0, 0.1) is 6.92 Å². The lowest BCUT2D eigenvalue weighted by Crippen LogP contribution is -2.28. The van der Waals surface area contributed by atoms with Crippen LogP contribution in [0.2, 0.25) is 0 Å². The predicted octanol–water partition coefficient (Wildman–Crippen LogP) is 3.17. The van der Waals surface area contributed by atoms with Gasteiger partial charge in [0.25, 0.3) is 0 Å². The van der Waals surface area contributed by atoms with Crippen molar-refractivity contribution < 1.29 is 4.79 Å². The van der Waals surface area contributed by atoms with Crippen LogP contribution in [0.15, 0.2) is 48.7 Å².